The molecule has 0 saturated heterocycles. The molecule has 0 saturated carbocycles. The van der Waals surface area contributed by atoms with Crippen LogP contribution in [0.4, 0.5) is 0 Å². The van der Waals surface area contributed by atoms with E-state index in [1.165, 1.54) is 0 Å². The minimum Gasteiger partial charge on any atom is -0.384 e. The number of aliphatic hydroxyl groups excluding tert-OH is 1. The highest BCUT2D eigenvalue weighted by Crippen LogP contribution is 2.04. The first-order valence-corrected chi connectivity index (χ1v) is 3.42. The van der Waals surface area contributed by atoms with Crippen LogP contribution < -0.4 is 0 Å². The highest BCUT2D eigenvalue weighted by Gasteiger charge is 1.88. The van der Waals surface area contributed by atoms with Crippen LogP contribution in [0.1, 0.15) is 5.56 Å². The Morgan fingerprint density at radius 2 is 2.45 bits per heavy atom. The van der Waals surface area contributed by atoms with E-state index in [1.807, 2.05) is 0 Å². The third-order valence-corrected chi connectivity index (χ3v) is 1.25. The predicted molar refractivity (Wildman–Crippen MR) is 43.2 cm³/mol. The molecule has 0 bridgehead atoms. The van der Waals surface area contributed by atoms with E-state index in [0.29, 0.717) is 5.15 Å². The van der Waals surface area contributed by atoms with Gasteiger partial charge in [-0.2, -0.15) is 0 Å². The molecular weight excluding hydrogens is 162 g/mol. The first-order valence-electron chi connectivity index (χ1n) is 3.04. The topological polar surface area (TPSA) is 33.1 Å². The molecule has 1 heterocycles. The Bertz CT molecular complexity index is 300. The van der Waals surface area contributed by atoms with Gasteiger partial charge in [-0.25, -0.2) is 4.98 Å². The molecule has 0 aliphatic rings. The van der Waals surface area contributed by atoms with Gasteiger partial charge in [0.25, 0.3) is 0 Å². The van der Waals surface area contributed by atoms with E-state index >= 15 is 0 Å². The van der Waals surface area contributed by atoms with E-state index in [4.69, 9.17) is 16.7 Å². The standard InChI is InChI=1S/C8H6ClNO/c9-8-6-7(2-1-5-11)3-4-10-8/h3-4,6,11H,5H2. The van der Waals surface area contributed by atoms with Gasteiger partial charge in [-0.1, -0.05) is 23.4 Å². The molecule has 2 nitrogen and oxygen atoms in total. The monoisotopic (exact) mass is 167 g/mol. The highest BCUT2D eigenvalue weighted by molar-refractivity contribution is 6.29. The summed E-state index contributed by atoms with van der Waals surface area (Å²) in [5.74, 6) is 5.22. The fourth-order valence-electron chi connectivity index (χ4n) is 0.622. The molecule has 56 valence electrons. The number of nitrogens with zero attached hydrogens (tertiary/aromatic N) is 1. The van der Waals surface area contributed by atoms with E-state index in [0.717, 1.165) is 5.56 Å². The lowest BCUT2D eigenvalue weighted by Gasteiger charge is -1.88. The summed E-state index contributed by atoms with van der Waals surface area (Å²) < 4.78 is 0. The molecule has 0 amide bonds. The molecule has 11 heavy (non-hydrogen) atoms. The van der Waals surface area contributed by atoms with Gasteiger partial charge in [0.2, 0.25) is 0 Å². The Kier molecular flexibility index (Phi) is 2.91. The summed E-state index contributed by atoms with van der Waals surface area (Å²) >= 11 is 5.58. The predicted octanol–water partition coefficient (Wildman–Crippen LogP) is 1.08. The van der Waals surface area contributed by atoms with Crippen molar-refractivity contribution in [2.45, 2.75) is 0 Å². The van der Waals surface area contributed by atoms with E-state index in [2.05, 4.69) is 16.8 Å². The van der Waals surface area contributed by atoms with Crippen LogP contribution in [-0.4, -0.2) is 16.7 Å². The lowest BCUT2D eigenvalue weighted by Crippen LogP contribution is -1.78. The molecule has 1 rings (SSSR count). The van der Waals surface area contributed by atoms with Gasteiger partial charge in [-0.05, 0) is 12.1 Å². The second-order valence-corrected chi connectivity index (χ2v) is 2.21. The van der Waals surface area contributed by atoms with Crippen molar-refractivity contribution in [3.63, 3.8) is 0 Å². The van der Waals surface area contributed by atoms with Gasteiger partial charge in [0.15, 0.2) is 0 Å². The van der Waals surface area contributed by atoms with Crippen molar-refractivity contribution in [3.8, 4) is 11.8 Å². The molecule has 0 fully saturated rings. The molecule has 0 radical (unpaired) electrons. The van der Waals surface area contributed by atoms with Crippen LogP contribution in [0.5, 0.6) is 0 Å². The molecule has 1 N–H and O–H groups in total. The van der Waals surface area contributed by atoms with Gasteiger partial charge in [-0.3, -0.25) is 0 Å². The third kappa shape index (κ3) is 2.58. The largest absolute Gasteiger partial charge is 0.384 e. The maximum atomic E-state index is 8.37. The summed E-state index contributed by atoms with van der Waals surface area (Å²) in [5.41, 5.74) is 0.763. The van der Waals surface area contributed by atoms with Crippen LogP contribution in [0, 0.1) is 11.8 Å². The Balaban J connectivity index is 2.87. The molecule has 1 aromatic heterocycles. The van der Waals surface area contributed by atoms with Crippen molar-refractivity contribution in [2.75, 3.05) is 6.61 Å². The first-order chi connectivity index (χ1) is 5.33. The summed E-state index contributed by atoms with van der Waals surface area (Å²) in [4.78, 5) is 3.78. The Morgan fingerprint density at radius 1 is 1.64 bits per heavy atom. The number of halogens is 1. The summed E-state index contributed by atoms with van der Waals surface area (Å²) in [7, 11) is 0. The fraction of sp³-hybridized carbons (Fsp3) is 0.125. The molecule has 3 heteroatoms. The molecule has 0 aliphatic heterocycles. The third-order valence-electron chi connectivity index (χ3n) is 1.04. The number of hydrogen-bond donors (Lipinski definition) is 1. The highest BCUT2D eigenvalue weighted by atomic mass is 35.5. The van der Waals surface area contributed by atoms with E-state index in [9.17, 15) is 0 Å². The Labute approximate surface area is 69.8 Å². The lowest BCUT2D eigenvalue weighted by atomic mass is 10.3. The van der Waals surface area contributed by atoms with Crippen molar-refractivity contribution in [1.29, 1.82) is 0 Å². The molecule has 1 aromatic rings. The minimum absolute atomic E-state index is 0.139. The average molecular weight is 168 g/mol. The lowest BCUT2D eigenvalue weighted by molar-refractivity contribution is 0.350. The molecular formula is C8H6ClNO. The van der Waals surface area contributed by atoms with Gasteiger partial charge in [-0.15, -0.1) is 0 Å². The van der Waals surface area contributed by atoms with Crippen molar-refractivity contribution in [1.82, 2.24) is 4.98 Å². The van der Waals surface area contributed by atoms with E-state index < -0.39 is 0 Å². The number of rotatable bonds is 0. The Hall–Kier alpha value is -1.04. The van der Waals surface area contributed by atoms with Crippen molar-refractivity contribution >= 4 is 11.6 Å². The summed E-state index contributed by atoms with van der Waals surface area (Å²) in [6.45, 7) is -0.139. The van der Waals surface area contributed by atoms with Gasteiger partial charge >= 0.3 is 0 Å². The fourth-order valence-corrected chi connectivity index (χ4v) is 0.796. The van der Waals surface area contributed by atoms with Crippen molar-refractivity contribution < 1.29 is 5.11 Å². The van der Waals surface area contributed by atoms with Gasteiger partial charge < -0.3 is 5.11 Å². The van der Waals surface area contributed by atoms with Gasteiger partial charge in [0, 0.05) is 11.8 Å². The van der Waals surface area contributed by atoms with E-state index in [-0.39, 0.29) is 6.61 Å². The van der Waals surface area contributed by atoms with Crippen LogP contribution >= 0.6 is 11.6 Å². The van der Waals surface area contributed by atoms with Gasteiger partial charge in [0.05, 0.1) is 0 Å². The normalized spacial score (nSPS) is 8.55. The first kappa shape index (κ1) is 8.06. The maximum Gasteiger partial charge on any atom is 0.130 e. The molecule has 0 spiro atoms. The van der Waals surface area contributed by atoms with Crippen LogP contribution in [0.25, 0.3) is 0 Å². The number of aliphatic hydroxyl groups is 1. The molecule has 0 aliphatic carbocycles. The van der Waals surface area contributed by atoms with E-state index in [1.54, 1.807) is 18.3 Å². The second kappa shape index (κ2) is 3.97. The minimum atomic E-state index is -0.139. The second-order valence-electron chi connectivity index (χ2n) is 1.83. The molecule has 0 atom stereocenters. The molecule has 0 aromatic carbocycles. The van der Waals surface area contributed by atoms with Crippen LogP contribution in [0.3, 0.4) is 0 Å². The number of hydrogen-bond acceptors (Lipinski definition) is 2. The SMILES string of the molecule is OCC#Cc1ccnc(Cl)c1. The quantitative estimate of drug-likeness (QED) is 0.463. The summed E-state index contributed by atoms with van der Waals surface area (Å²) in [6, 6.07) is 3.37. The van der Waals surface area contributed by atoms with Gasteiger partial charge in [0.1, 0.15) is 11.8 Å². The Morgan fingerprint density at radius 3 is 3.09 bits per heavy atom. The zero-order valence-corrected chi connectivity index (χ0v) is 6.47. The van der Waals surface area contributed by atoms with Crippen LogP contribution in [-0.2, 0) is 0 Å². The zero-order valence-electron chi connectivity index (χ0n) is 5.71. The van der Waals surface area contributed by atoms with Crippen LogP contribution in [0.15, 0.2) is 18.3 Å². The summed E-state index contributed by atoms with van der Waals surface area (Å²) in [5, 5.41) is 8.79. The summed E-state index contributed by atoms with van der Waals surface area (Å²) in [6.07, 6.45) is 1.57. The van der Waals surface area contributed by atoms with Crippen molar-refractivity contribution in [2.24, 2.45) is 0 Å². The molecule has 0 unspecified atom stereocenters. The smallest absolute Gasteiger partial charge is 0.130 e. The number of aromatic nitrogens is 1. The van der Waals surface area contributed by atoms with Crippen LogP contribution in [0.2, 0.25) is 5.15 Å². The number of pyridine rings is 1. The zero-order chi connectivity index (χ0) is 8.10. The average Bonchev–Trinajstić information content (AvgIpc) is 2.01. The maximum absolute atomic E-state index is 8.37. The van der Waals surface area contributed by atoms with Crippen molar-refractivity contribution in [3.05, 3.63) is 29.0 Å².